The van der Waals surface area contributed by atoms with Crippen LogP contribution >= 0.6 is 0 Å². The predicted molar refractivity (Wildman–Crippen MR) is 149 cm³/mol. The summed E-state index contributed by atoms with van der Waals surface area (Å²) in [6.07, 6.45) is 1.29. The zero-order chi connectivity index (χ0) is 26.7. The Morgan fingerprint density at radius 1 is 0.258 bits per heavy atom. The summed E-state index contributed by atoms with van der Waals surface area (Å²) in [5.41, 5.74) is 3.24. The minimum absolute atomic E-state index is 0.375. The Balaban J connectivity index is -0.000000382. The van der Waals surface area contributed by atoms with Crippen LogP contribution in [0.3, 0.4) is 0 Å². The largest absolute Gasteiger partial charge is 0.0602 e. The van der Waals surface area contributed by atoms with Crippen LogP contribution in [0.25, 0.3) is 0 Å². The highest BCUT2D eigenvalue weighted by atomic mass is 14.5. The second-order valence-electron chi connectivity index (χ2n) is 17.5. The van der Waals surface area contributed by atoms with Crippen LogP contribution in [0.5, 0.6) is 0 Å². The molecule has 0 nitrogen and oxygen atoms in total. The van der Waals surface area contributed by atoms with Gasteiger partial charge in [-0.05, 0) is 49.7 Å². The highest BCUT2D eigenvalue weighted by Crippen LogP contribution is 2.51. The van der Waals surface area contributed by atoms with Crippen molar-refractivity contribution in [2.45, 2.75) is 159 Å². The van der Waals surface area contributed by atoms with E-state index in [4.69, 9.17) is 0 Å². The monoisotopic (exact) mass is 441 g/mol. The van der Waals surface area contributed by atoms with Gasteiger partial charge in [0.25, 0.3) is 0 Å². The maximum Gasteiger partial charge on any atom is -0.0257 e. The van der Waals surface area contributed by atoms with Gasteiger partial charge in [-0.15, -0.1) is 0 Å². The Labute approximate surface area is 202 Å². The number of hydrogen-bond donors (Lipinski definition) is 0. The van der Waals surface area contributed by atoms with E-state index in [1.807, 2.05) is 0 Å². The molecule has 0 N–H and O–H groups in total. The highest BCUT2D eigenvalue weighted by Gasteiger charge is 2.43. The standard InChI is InChI=1S/2C11H24.C9H20/c2*1-9(2,3)11(7,8)10(4,5)6;1-8(2,3)7-9(4,5)6/h2*1-8H3;7H2,1-6H3. The molecule has 0 spiro atoms. The Morgan fingerprint density at radius 3 is 0.387 bits per heavy atom. The molecule has 0 aromatic rings. The van der Waals surface area contributed by atoms with Gasteiger partial charge in [0.05, 0.1) is 0 Å². The smallest absolute Gasteiger partial charge is 0.0257 e. The van der Waals surface area contributed by atoms with Gasteiger partial charge in [0.1, 0.15) is 0 Å². The molecule has 0 atom stereocenters. The Morgan fingerprint density at radius 2 is 0.387 bits per heavy atom. The lowest BCUT2D eigenvalue weighted by molar-refractivity contribution is 0.00566. The van der Waals surface area contributed by atoms with E-state index in [2.05, 4.69) is 152 Å². The van der Waals surface area contributed by atoms with E-state index in [9.17, 15) is 0 Å². The van der Waals surface area contributed by atoms with Crippen molar-refractivity contribution in [1.82, 2.24) is 0 Å². The van der Waals surface area contributed by atoms with Crippen molar-refractivity contribution in [2.24, 2.45) is 43.3 Å². The molecule has 0 heteroatoms. The van der Waals surface area contributed by atoms with Gasteiger partial charge in [-0.3, -0.25) is 0 Å². The third-order valence-corrected chi connectivity index (χ3v) is 8.56. The van der Waals surface area contributed by atoms with Gasteiger partial charge >= 0.3 is 0 Å². The van der Waals surface area contributed by atoms with Crippen molar-refractivity contribution in [3.63, 3.8) is 0 Å². The average Bonchev–Trinajstić information content (AvgIpc) is 2.29. The van der Waals surface area contributed by atoms with Crippen LogP contribution in [0.15, 0.2) is 0 Å². The topological polar surface area (TPSA) is 0 Å². The van der Waals surface area contributed by atoms with Crippen LogP contribution in [0, 0.1) is 43.3 Å². The van der Waals surface area contributed by atoms with Crippen molar-refractivity contribution in [1.29, 1.82) is 0 Å². The van der Waals surface area contributed by atoms with Crippen LogP contribution in [0.1, 0.15) is 159 Å². The molecule has 192 valence electrons. The fourth-order valence-corrected chi connectivity index (χ4v) is 3.84. The van der Waals surface area contributed by atoms with Gasteiger partial charge in [0, 0.05) is 0 Å². The molecule has 0 heterocycles. The first-order chi connectivity index (χ1) is 12.7. The predicted octanol–water partition coefficient (Wildman–Crippen LogP) is 11.7. The second-order valence-corrected chi connectivity index (χ2v) is 17.5. The summed E-state index contributed by atoms with van der Waals surface area (Å²) < 4.78 is 0. The van der Waals surface area contributed by atoms with E-state index >= 15 is 0 Å². The molecular weight excluding hydrogens is 372 g/mol. The molecule has 0 fully saturated rings. The van der Waals surface area contributed by atoms with Gasteiger partial charge < -0.3 is 0 Å². The third kappa shape index (κ3) is 13.3. The molecule has 0 aliphatic rings. The van der Waals surface area contributed by atoms with Crippen LogP contribution in [-0.2, 0) is 0 Å². The van der Waals surface area contributed by atoms with Gasteiger partial charge in [0.2, 0.25) is 0 Å². The van der Waals surface area contributed by atoms with Crippen LogP contribution in [-0.4, -0.2) is 0 Å². The average molecular weight is 441 g/mol. The van der Waals surface area contributed by atoms with Gasteiger partial charge in [-0.1, -0.05) is 152 Å². The Kier molecular flexibility index (Phi) is 12.1. The molecule has 0 unspecified atom stereocenters. The molecule has 0 aromatic heterocycles. The van der Waals surface area contributed by atoms with Crippen LogP contribution in [0.2, 0.25) is 0 Å². The molecule has 0 saturated carbocycles. The van der Waals surface area contributed by atoms with E-state index < -0.39 is 0 Å². The van der Waals surface area contributed by atoms with E-state index in [0.29, 0.717) is 43.3 Å². The van der Waals surface area contributed by atoms with E-state index in [1.54, 1.807) is 0 Å². The van der Waals surface area contributed by atoms with E-state index in [1.165, 1.54) is 6.42 Å². The molecular formula is C31H68. The first kappa shape index (κ1) is 35.6. The molecule has 0 radical (unpaired) electrons. The van der Waals surface area contributed by atoms with Crippen molar-refractivity contribution in [3.8, 4) is 0 Å². The fourth-order valence-electron chi connectivity index (χ4n) is 3.84. The molecule has 0 aliphatic heterocycles. The normalized spacial score (nSPS) is 14.9. The number of rotatable bonds is 0. The fraction of sp³-hybridized carbons (Fsp3) is 1.00. The molecule has 0 aliphatic carbocycles. The SMILES string of the molecule is CC(C)(C)C(C)(C)C(C)(C)C.CC(C)(C)C(C)(C)C(C)(C)C.CC(C)(C)CC(C)(C)C. The minimum Gasteiger partial charge on any atom is -0.0602 e. The van der Waals surface area contributed by atoms with Crippen molar-refractivity contribution < 1.29 is 0 Å². The zero-order valence-corrected chi connectivity index (χ0v) is 26.7. The van der Waals surface area contributed by atoms with Gasteiger partial charge in [-0.25, -0.2) is 0 Å². The molecule has 0 bridgehead atoms. The molecule has 0 aromatic carbocycles. The maximum absolute atomic E-state index is 2.35. The minimum atomic E-state index is 0.375. The first-order valence-electron chi connectivity index (χ1n) is 12.7. The van der Waals surface area contributed by atoms with Crippen LogP contribution < -0.4 is 0 Å². The summed E-state index contributed by atoms with van der Waals surface area (Å²) in [4.78, 5) is 0. The maximum atomic E-state index is 2.35. The third-order valence-electron chi connectivity index (χ3n) is 8.56. The summed E-state index contributed by atoms with van der Waals surface area (Å²) in [7, 11) is 0. The molecule has 0 rings (SSSR count). The Hall–Kier alpha value is 0. The lowest BCUT2D eigenvalue weighted by Crippen LogP contribution is -2.41. The lowest BCUT2D eigenvalue weighted by atomic mass is 9.56. The van der Waals surface area contributed by atoms with E-state index in [0.717, 1.165) is 0 Å². The summed E-state index contributed by atoms with van der Waals surface area (Å²) in [6, 6.07) is 0. The van der Waals surface area contributed by atoms with Crippen LogP contribution in [0.4, 0.5) is 0 Å². The van der Waals surface area contributed by atoms with Crippen molar-refractivity contribution >= 4 is 0 Å². The molecule has 0 saturated heterocycles. The molecule has 31 heavy (non-hydrogen) atoms. The summed E-state index contributed by atoms with van der Waals surface area (Å²) in [5, 5.41) is 0. The number of hydrogen-bond acceptors (Lipinski definition) is 0. The summed E-state index contributed by atoms with van der Waals surface area (Å²) >= 11 is 0. The second kappa shape index (κ2) is 10.5. The summed E-state index contributed by atoms with van der Waals surface area (Å²) in [6.45, 7) is 51.0. The van der Waals surface area contributed by atoms with E-state index in [-0.39, 0.29) is 0 Å². The van der Waals surface area contributed by atoms with Crippen molar-refractivity contribution in [2.75, 3.05) is 0 Å². The lowest BCUT2D eigenvalue weighted by Gasteiger charge is -2.49. The highest BCUT2D eigenvalue weighted by molar-refractivity contribution is 4.92. The van der Waals surface area contributed by atoms with Crippen molar-refractivity contribution in [3.05, 3.63) is 0 Å². The quantitative estimate of drug-likeness (QED) is 0.351. The summed E-state index contributed by atoms with van der Waals surface area (Å²) in [5.74, 6) is 0. The van der Waals surface area contributed by atoms with Gasteiger partial charge in [-0.2, -0.15) is 0 Å². The van der Waals surface area contributed by atoms with Gasteiger partial charge in [0.15, 0.2) is 0 Å². The Bertz CT molecular complexity index is 405. The first-order valence-corrected chi connectivity index (χ1v) is 12.7. The molecule has 0 amide bonds. The zero-order valence-electron chi connectivity index (χ0n) is 26.7.